The van der Waals surface area contributed by atoms with Crippen molar-refractivity contribution in [2.24, 2.45) is 11.8 Å². The second-order valence-corrected chi connectivity index (χ2v) is 22.9. The molecule has 3 aromatic rings. The number of esters is 1. The highest BCUT2D eigenvalue weighted by Crippen LogP contribution is 2.32. The van der Waals surface area contributed by atoms with Crippen LogP contribution < -0.4 is 30.7 Å². The van der Waals surface area contributed by atoms with Gasteiger partial charge in [-0.25, -0.2) is 8.42 Å². The number of hydrogen-bond acceptors (Lipinski definition) is 13. The van der Waals surface area contributed by atoms with E-state index in [2.05, 4.69) is 34.1 Å². The Labute approximate surface area is 462 Å². The van der Waals surface area contributed by atoms with E-state index in [-0.39, 0.29) is 74.3 Å². The van der Waals surface area contributed by atoms with Gasteiger partial charge in [-0.3, -0.25) is 28.8 Å². The smallest absolute Gasteiger partial charge is 0.311 e. The number of terminal acetylenes is 1. The van der Waals surface area contributed by atoms with Gasteiger partial charge in [0, 0.05) is 24.7 Å². The second kappa shape index (κ2) is 32.0. The number of ketones is 1. The van der Waals surface area contributed by atoms with Crippen LogP contribution in [0, 0.1) is 24.2 Å². The summed E-state index contributed by atoms with van der Waals surface area (Å²) in [4.78, 5) is 84.1. The molecule has 0 aliphatic carbocycles. The first-order chi connectivity index (χ1) is 37.0. The Morgan fingerprint density at radius 3 is 1.88 bits per heavy atom. The Kier molecular flexibility index (Phi) is 26.4. The van der Waals surface area contributed by atoms with Crippen molar-refractivity contribution >= 4 is 45.5 Å². The number of ether oxygens (including phenoxy) is 4. The van der Waals surface area contributed by atoms with Gasteiger partial charge in [0.05, 0.1) is 36.0 Å². The Hall–Kier alpha value is -6.17. The first-order valence-corrected chi connectivity index (χ1v) is 29.0. The zero-order valence-corrected chi connectivity index (χ0v) is 47.5. The molecule has 4 N–H and O–H groups in total. The molecule has 2 heterocycles. The Balaban J connectivity index is 0.00000250. The lowest BCUT2D eigenvalue weighted by molar-refractivity contribution is -0.940. The quantitative estimate of drug-likeness (QED) is 0.0114. The summed E-state index contributed by atoms with van der Waals surface area (Å²) in [6, 6.07) is 20.3. The third kappa shape index (κ3) is 23.8. The van der Waals surface area contributed by atoms with E-state index in [1.54, 1.807) is 19.1 Å². The molecule has 428 valence electrons. The van der Waals surface area contributed by atoms with Crippen molar-refractivity contribution in [3.63, 3.8) is 0 Å². The molecule has 2 aliphatic heterocycles. The van der Waals surface area contributed by atoms with Gasteiger partial charge >= 0.3 is 5.97 Å². The lowest BCUT2D eigenvalue weighted by Crippen LogP contribution is -2.61. The number of hydrogen-bond donors (Lipinski definition) is 4. The number of rotatable bonds is 31. The number of carbonyl (C=O) groups excluding carboxylic acids is 6. The van der Waals surface area contributed by atoms with Crippen LogP contribution in [0.3, 0.4) is 0 Å². The normalized spacial score (nSPS) is 17.1. The van der Waals surface area contributed by atoms with Crippen LogP contribution in [0.25, 0.3) is 0 Å². The number of Topliss-reactive ketones (excluding diaryl/α,β-unsaturated/α-hetero) is 1. The Bertz CT molecular complexity index is 2550. The fourth-order valence-corrected chi connectivity index (χ4v) is 9.17. The number of quaternary nitrogens is 1. The third-order valence-electron chi connectivity index (χ3n) is 13.4. The fraction of sp³-hybridized carbons (Fsp3) is 0.559. The molecular weight excluding hydrogens is 1020 g/mol. The summed E-state index contributed by atoms with van der Waals surface area (Å²) >= 11 is 0. The number of morpholine rings is 1. The van der Waals surface area contributed by atoms with Gasteiger partial charge in [0.2, 0.25) is 17.7 Å². The standard InChI is InChI=1S/C58H79N5O10.CH4O3S/c1-8-10-11-12-19-24-53(65)73-50-28-26-45(37-51(50)71-31-9-2)38-63(29-32-70-33-30-63)39-52(64)59-46(27-25-43-20-15-13-16-21-43)55(67)61-48(35-42(5)6)56(68)62-49(36-44-22-17-14-18-23-44)57(69)60-47(34-41(3)4)54(66)58(7)40-72-58;1-5(2,3)4/h2,13-18,20-23,26,28,37,41-42,46-49H,8,10-12,19,24-25,27,29-36,38-40H2,1,3-7H3,(H3-,59,60,61,62,64,67,68,69);1H3,(H,2,3,4)/t46-,47-,48-,49-,58+;/m0./s1. The van der Waals surface area contributed by atoms with Crippen molar-refractivity contribution < 1.29 is 65.2 Å². The summed E-state index contributed by atoms with van der Waals surface area (Å²) in [5, 5.41) is 11.9. The average Bonchev–Trinajstić information content (AvgIpc) is 4.17. The number of unbranched alkanes of at least 4 members (excludes halogenated alkanes) is 4. The highest BCUT2D eigenvalue weighted by molar-refractivity contribution is 7.84. The van der Waals surface area contributed by atoms with E-state index in [0.717, 1.165) is 48.8 Å². The molecule has 0 bridgehead atoms. The maximum Gasteiger partial charge on any atom is 0.311 e. The van der Waals surface area contributed by atoms with Crippen LogP contribution in [0.15, 0.2) is 78.9 Å². The van der Waals surface area contributed by atoms with E-state index in [9.17, 15) is 28.8 Å². The molecule has 0 aromatic heterocycles. The number of nitrogens with zero attached hydrogens (tertiary/aromatic N) is 1. The molecule has 3 aromatic carbocycles. The largest absolute Gasteiger partial charge is 0.748 e. The molecule has 0 unspecified atom stereocenters. The molecule has 5 rings (SSSR count). The van der Waals surface area contributed by atoms with Gasteiger partial charge < -0.3 is 49.3 Å². The summed E-state index contributed by atoms with van der Waals surface area (Å²) in [5.41, 5.74) is 1.63. The molecule has 0 radical (unpaired) electrons. The van der Waals surface area contributed by atoms with Crippen molar-refractivity contribution in [3.8, 4) is 23.8 Å². The Morgan fingerprint density at radius 1 is 0.744 bits per heavy atom. The molecule has 78 heavy (non-hydrogen) atoms. The Morgan fingerprint density at radius 2 is 1.29 bits per heavy atom. The first kappa shape index (κ1) is 64.4. The SMILES string of the molecule is C#CCOc1cc(C[N+]2(CC(=O)N[C@@H](CCc3ccccc3)C(=O)N[C@@H](CC(C)C)C(=O)N[C@@H](Cc3ccccc3)C(=O)N[C@@H](CC(C)C)C(=O)[C@@]3(C)CO3)CCOCC2)ccc1OC(=O)CCCCCCC.CS(=O)(=O)[O-]. The summed E-state index contributed by atoms with van der Waals surface area (Å²) in [6.45, 7) is 14.2. The van der Waals surface area contributed by atoms with E-state index < -0.39 is 57.6 Å². The minimum atomic E-state index is -3.92. The van der Waals surface area contributed by atoms with E-state index >= 15 is 0 Å². The number of aryl methyl sites for hydroxylation is 1. The van der Waals surface area contributed by atoms with E-state index in [4.69, 9.17) is 38.3 Å². The number of amides is 4. The average molecular weight is 1100 g/mol. The molecule has 18 nitrogen and oxygen atoms in total. The van der Waals surface area contributed by atoms with Crippen molar-refractivity contribution in [3.05, 3.63) is 95.6 Å². The van der Waals surface area contributed by atoms with Crippen LogP contribution in [0.5, 0.6) is 11.5 Å². The zero-order chi connectivity index (χ0) is 57.3. The monoisotopic (exact) mass is 1100 g/mol. The summed E-state index contributed by atoms with van der Waals surface area (Å²) in [7, 11) is -3.92. The summed E-state index contributed by atoms with van der Waals surface area (Å²) in [6.07, 6.45) is 12.9. The molecule has 2 fully saturated rings. The fourth-order valence-electron chi connectivity index (χ4n) is 9.17. The second-order valence-electron chi connectivity index (χ2n) is 21.5. The number of carbonyl (C=O) groups is 6. The maximum atomic E-state index is 14.6. The zero-order valence-electron chi connectivity index (χ0n) is 46.6. The maximum absolute atomic E-state index is 14.6. The van der Waals surface area contributed by atoms with Gasteiger partial charge in [-0.15, -0.1) is 6.42 Å². The molecule has 2 saturated heterocycles. The van der Waals surface area contributed by atoms with E-state index in [1.807, 2.05) is 94.4 Å². The first-order valence-electron chi connectivity index (χ1n) is 27.2. The van der Waals surface area contributed by atoms with Crippen LogP contribution in [0.1, 0.15) is 116 Å². The predicted octanol–water partition coefficient (Wildman–Crippen LogP) is 5.74. The van der Waals surface area contributed by atoms with Crippen molar-refractivity contribution in [2.75, 3.05) is 52.3 Å². The van der Waals surface area contributed by atoms with Gasteiger partial charge in [0.1, 0.15) is 50.0 Å². The molecule has 2 aliphatic rings. The molecular formula is C59H83N5O13S. The van der Waals surface area contributed by atoms with E-state index in [0.29, 0.717) is 68.6 Å². The summed E-state index contributed by atoms with van der Waals surface area (Å²) in [5.74, 6) is 0.568. The molecule has 5 atom stereocenters. The van der Waals surface area contributed by atoms with E-state index in [1.165, 1.54) is 0 Å². The highest BCUT2D eigenvalue weighted by atomic mass is 32.2. The number of epoxide rings is 1. The highest BCUT2D eigenvalue weighted by Gasteiger charge is 2.50. The van der Waals surface area contributed by atoms with Crippen LogP contribution in [0.2, 0.25) is 0 Å². The lowest BCUT2D eigenvalue weighted by atomic mass is 9.93. The van der Waals surface area contributed by atoms with Gasteiger partial charge in [-0.1, -0.05) is 127 Å². The topological polar surface area (TPSA) is 248 Å². The van der Waals surface area contributed by atoms with Gasteiger partial charge in [0.15, 0.2) is 23.8 Å². The van der Waals surface area contributed by atoms with Crippen LogP contribution >= 0.6 is 0 Å². The molecule has 19 heteroatoms. The third-order valence-corrected chi connectivity index (χ3v) is 13.4. The van der Waals surface area contributed by atoms with Crippen LogP contribution in [-0.2, 0) is 67.7 Å². The van der Waals surface area contributed by atoms with Gasteiger partial charge in [0.25, 0.3) is 5.91 Å². The molecule has 0 saturated carbocycles. The number of benzene rings is 3. The minimum Gasteiger partial charge on any atom is -0.748 e. The van der Waals surface area contributed by atoms with Gasteiger partial charge in [-0.05, 0) is 80.2 Å². The van der Waals surface area contributed by atoms with Gasteiger partial charge in [-0.2, -0.15) is 0 Å². The van der Waals surface area contributed by atoms with Crippen LogP contribution in [-0.4, -0.2) is 135 Å². The predicted molar refractivity (Wildman–Crippen MR) is 296 cm³/mol. The minimum absolute atomic E-state index is 0.0194. The van der Waals surface area contributed by atoms with Crippen molar-refractivity contribution in [1.82, 2.24) is 21.3 Å². The summed E-state index contributed by atoms with van der Waals surface area (Å²) < 4.78 is 50.4. The van der Waals surface area contributed by atoms with Crippen LogP contribution in [0.4, 0.5) is 0 Å². The molecule has 0 spiro atoms. The molecule has 4 amide bonds. The number of nitrogens with one attached hydrogen (secondary N) is 4. The van der Waals surface area contributed by atoms with Crippen molar-refractivity contribution in [1.29, 1.82) is 0 Å². The van der Waals surface area contributed by atoms with Crippen molar-refractivity contribution in [2.45, 2.75) is 148 Å². The lowest BCUT2D eigenvalue weighted by Gasteiger charge is -2.41.